The summed E-state index contributed by atoms with van der Waals surface area (Å²) in [6, 6.07) is 0. The van der Waals surface area contributed by atoms with Gasteiger partial charge in [-0.05, 0) is 25.7 Å². The van der Waals surface area contributed by atoms with Crippen LogP contribution in [0.1, 0.15) is 32.1 Å². The highest BCUT2D eigenvalue weighted by atomic mass is 16.5. The maximum atomic E-state index is 5.56. The number of fused-ring (bicyclic) bond motifs is 1. The molecule has 0 aromatic carbocycles. The first-order valence-corrected chi connectivity index (χ1v) is 3.93. The third-order valence-electron chi connectivity index (χ3n) is 2.38. The molecule has 1 radical (unpaired) electrons. The average molecular weight is 125 g/mol. The second kappa shape index (κ2) is 2.30. The molecule has 1 unspecified atom stereocenters. The molecule has 2 rings (SSSR count). The van der Waals surface area contributed by atoms with Gasteiger partial charge in [-0.3, -0.25) is 0 Å². The summed E-state index contributed by atoms with van der Waals surface area (Å²) >= 11 is 0. The predicted molar refractivity (Wildman–Crippen MR) is 36.1 cm³/mol. The molecule has 51 valence electrons. The summed E-state index contributed by atoms with van der Waals surface area (Å²) in [5.41, 5.74) is 0. The minimum Gasteiger partial charge on any atom is -0.378 e. The Bertz CT molecular complexity index is 88.7. The predicted octanol–water partition coefficient (Wildman–Crippen LogP) is 1.92. The fourth-order valence-electron chi connectivity index (χ4n) is 1.89. The molecule has 1 heterocycles. The highest BCUT2D eigenvalue weighted by molar-refractivity contribution is 5.04. The zero-order valence-corrected chi connectivity index (χ0v) is 5.73. The number of hydrogen-bond acceptors (Lipinski definition) is 1. The van der Waals surface area contributed by atoms with E-state index in [2.05, 4.69) is 0 Å². The van der Waals surface area contributed by atoms with Gasteiger partial charge in [-0.25, -0.2) is 0 Å². The summed E-state index contributed by atoms with van der Waals surface area (Å²) in [7, 11) is 0. The highest BCUT2D eigenvalue weighted by Gasteiger charge is 2.30. The van der Waals surface area contributed by atoms with E-state index in [1.807, 2.05) is 0 Å². The summed E-state index contributed by atoms with van der Waals surface area (Å²) in [5, 5.41) is 0. The van der Waals surface area contributed by atoms with Crippen LogP contribution in [-0.2, 0) is 4.74 Å². The van der Waals surface area contributed by atoms with Gasteiger partial charge in [0.05, 0.1) is 6.10 Å². The van der Waals surface area contributed by atoms with Crippen LogP contribution >= 0.6 is 0 Å². The third kappa shape index (κ3) is 0.983. The van der Waals surface area contributed by atoms with Gasteiger partial charge in [0, 0.05) is 12.5 Å². The molecule has 1 aliphatic carbocycles. The van der Waals surface area contributed by atoms with Gasteiger partial charge in [-0.15, -0.1) is 0 Å². The first-order valence-electron chi connectivity index (χ1n) is 3.93. The molecule has 0 N–H and O–H groups in total. The molecule has 1 heteroatoms. The van der Waals surface area contributed by atoms with Gasteiger partial charge in [0.1, 0.15) is 0 Å². The minimum atomic E-state index is 0.582. The monoisotopic (exact) mass is 125 g/mol. The van der Waals surface area contributed by atoms with E-state index < -0.39 is 0 Å². The Kier molecular flexibility index (Phi) is 1.46. The molecule has 0 spiro atoms. The van der Waals surface area contributed by atoms with Crippen molar-refractivity contribution < 1.29 is 4.74 Å². The van der Waals surface area contributed by atoms with Crippen LogP contribution in [0.25, 0.3) is 0 Å². The van der Waals surface area contributed by atoms with Gasteiger partial charge in [0.25, 0.3) is 0 Å². The first kappa shape index (κ1) is 5.72. The molecule has 1 aliphatic heterocycles. The summed E-state index contributed by atoms with van der Waals surface area (Å²) in [6.45, 7) is 1.01. The van der Waals surface area contributed by atoms with Gasteiger partial charge < -0.3 is 4.74 Å². The van der Waals surface area contributed by atoms with E-state index in [0.29, 0.717) is 6.10 Å². The first-order chi connectivity index (χ1) is 4.47. The summed E-state index contributed by atoms with van der Waals surface area (Å²) in [6.07, 6.45) is 7.23. The normalized spacial score (nSPS) is 36.7. The largest absolute Gasteiger partial charge is 0.378 e. The van der Waals surface area contributed by atoms with Gasteiger partial charge in [-0.2, -0.15) is 0 Å². The van der Waals surface area contributed by atoms with E-state index in [4.69, 9.17) is 4.74 Å². The summed E-state index contributed by atoms with van der Waals surface area (Å²) < 4.78 is 5.56. The molecular weight excluding hydrogens is 112 g/mol. The molecule has 0 aromatic rings. The van der Waals surface area contributed by atoms with Gasteiger partial charge in [0.15, 0.2) is 0 Å². The van der Waals surface area contributed by atoms with Crippen LogP contribution < -0.4 is 0 Å². The third-order valence-corrected chi connectivity index (χ3v) is 2.38. The lowest BCUT2D eigenvalue weighted by molar-refractivity contribution is 0.0413. The number of hydrogen-bond donors (Lipinski definition) is 0. The summed E-state index contributed by atoms with van der Waals surface area (Å²) in [4.78, 5) is 0. The Hall–Kier alpha value is -0.0400. The van der Waals surface area contributed by atoms with Crippen molar-refractivity contribution in [2.24, 2.45) is 0 Å². The molecule has 0 aromatic heterocycles. The van der Waals surface area contributed by atoms with Gasteiger partial charge >= 0.3 is 0 Å². The second-order valence-electron chi connectivity index (χ2n) is 3.01. The van der Waals surface area contributed by atoms with Gasteiger partial charge in [-0.1, -0.05) is 6.42 Å². The molecule has 1 saturated carbocycles. The van der Waals surface area contributed by atoms with E-state index in [-0.39, 0.29) is 0 Å². The lowest BCUT2D eigenvalue weighted by Gasteiger charge is -2.24. The van der Waals surface area contributed by atoms with Crippen LogP contribution in [0.5, 0.6) is 0 Å². The molecule has 1 atom stereocenters. The maximum Gasteiger partial charge on any atom is 0.0637 e. The standard InChI is InChI=1S/C8H13O/c1-3-7-4-2-6-9-8(7)5-1/h8H,1-6H2. The molecular formula is C8H13O. The molecule has 0 amide bonds. The average Bonchev–Trinajstić information content (AvgIpc) is 2.33. The smallest absolute Gasteiger partial charge is 0.0637 e. The fraction of sp³-hybridized carbons (Fsp3) is 0.875. The lowest BCUT2D eigenvalue weighted by Crippen LogP contribution is -2.22. The Labute approximate surface area is 56.4 Å². The number of ether oxygens (including phenoxy) is 1. The topological polar surface area (TPSA) is 9.23 Å². The van der Waals surface area contributed by atoms with Crippen molar-refractivity contribution >= 4 is 0 Å². The van der Waals surface area contributed by atoms with Crippen LogP contribution in [0, 0.1) is 5.92 Å². The van der Waals surface area contributed by atoms with E-state index >= 15 is 0 Å². The van der Waals surface area contributed by atoms with Crippen molar-refractivity contribution in [3.8, 4) is 0 Å². The van der Waals surface area contributed by atoms with Crippen molar-refractivity contribution in [2.45, 2.75) is 38.2 Å². The van der Waals surface area contributed by atoms with Crippen LogP contribution in [0.15, 0.2) is 0 Å². The zero-order valence-electron chi connectivity index (χ0n) is 5.73. The van der Waals surface area contributed by atoms with Crippen LogP contribution in [0.3, 0.4) is 0 Å². The molecule has 2 fully saturated rings. The second-order valence-corrected chi connectivity index (χ2v) is 3.01. The number of rotatable bonds is 0. The van der Waals surface area contributed by atoms with Crippen LogP contribution in [0.4, 0.5) is 0 Å². The SMILES string of the molecule is C1COC2CCC[C]2C1. The fourth-order valence-corrected chi connectivity index (χ4v) is 1.89. The molecule has 1 saturated heterocycles. The Morgan fingerprint density at radius 3 is 3.00 bits per heavy atom. The Balaban J connectivity index is 1.97. The van der Waals surface area contributed by atoms with E-state index in [0.717, 1.165) is 6.61 Å². The molecule has 1 nitrogen and oxygen atoms in total. The highest BCUT2D eigenvalue weighted by Crippen LogP contribution is 2.36. The summed E-state index contributed by atoms with van der Waals surface area (Å²) in [5.74, 6) is 1.70. The maximum absolute atomic E-state index is 5.56. The Morgan fingerprint density at radius 1 is 1.22 bits per heavy atom. The van der Waals surface area contributed by atoms with Crippen molar-refractivity contribution in [1.29, 1.82) is 0 Å². The van der Waals surface area contributed by atoms with E-state index in [1.54, 1.807) is 5.92 Å². The molecule has 9 heavy (non-hydrogen) atoms. The van der Waals surface area contributed by atoms with E-state index in [1.165, 1.54) is 32.1 Å². The van der Waals surface area contributed by atoms with Crippen molar-refractivity contribution in [1.82, 2.24) is 0 Å². The molecule has 2 aliphatic rings. The van der Waals surface area contributed by atoms with Crippen LogP contribution in [0.2, 0.25) is 0 Å². The van der Waals surface area contributed by atoms with Crippen molar-refractivity contribution in [3.63, 3.8) is 0 Å². The minimum absolute atomic E-state index is 0.582. The zero-order chi connectivity index (χ0) is 6.10. The quantitative estimate of drug-likeness (QED) is 0.480. The van der Waals surface area contributed by atoms with Crippen LogP contribution in [-0.4, -0.2) is 12.7 Å². The Morgan fingerprint density at radius 2 is 2.11 bits per heavy atom. The van der Waals surface area contributed by atoms with Crippen molar-refractivity contribution in [3.05, 3.63) is 5.92 Å². The van der Waals surface area contributed by atoms with Gasteiger partial charge in [0.2, 0.25) is 0 Å². The van der Waals surface area contributed by atoms with Crippen molar-refractivity contribution in [2.75, 3.05) is 6.61 Å². The lowest BCUT2D eigenvalue weighted by atomic mass is 9.98. The van der Waals surface area contributed by atoms with E-state index in [9.17, 15) is 0 Å². The molecule has 0 bridgehead atoms.